The van der Waals surface area contributed by atoms with Gasteiger partial charge in [0, 0.05) is 12.8 Å². The minimum absolute atomic E-state index is 0.226. The summed E-state index contributed by atoms with van der Waals surface area (Å²) in [5.41, 5.74) is 0. The number of carbonyl (C=O) groups is 1. The van der Waals surface area contributed by atoms with E-state index in [4.69, 9.17) is 11.6 Å². The van der Waals surface area contributed by atoms with E-state index in [2.05, 4.69) is 0 Å². The minimum atomic E-state index is -4.01. The lowest BCUT2D eigenvalue weighted by Gasteiger charge is -2.05. The van der Waals surface area contributed by atoms with Crippen LogP contribution in [0.15, 0.2) is 0 Å². The van der Waals surface area contributed by atoms with E-state index < -0.39 is 12.6 Å². The van der Waals surface area contributed by atoms with E-state index in [0.29, 0.717) is 12.8 Å². The molecule has 0 heterocycles. The molecule has 5 heteroatoms. The molecule has 16 heavy (non-hydrogen) atoms. The van der Waals surface area contributed by atoms with E-state index in [9.17, 15) is 18.0 Å². The van der Waals surface area contributed by atoms with Crippen LogP contribution in [0.4, 0.5) is 13.2 Å². The van der Waals surface area contributed by atoms with Crippen LogP contribution in [0.25, 0.3) is 0 Å². The van der Waals surface area contributed by atoms with E-state index in [1.165, 1.54) is 0 Å². The average Bonchev–Trinajstić information content (AvgIpc) is 2.13. The Balaban J connectivity index is 3.07. The van der Waals surface area contributed by atoms with Crippen molar-refractivity contribution < 1.29 is 18.0 Å². The van der Waals surface area contributed by atoms with Crippen LogP contribution in [0.1, 0.15) is 57.8 Å². The molecule has 96 valence electrons. The molecule has 0 aliphatic carbocycles. The molecule has 0 amide bonds. The van der Waals surface area contributed by atoms with Crippen molar-refractivity contribution in [2.24, 2.45) is 0 Å². The third-order valence-corrected chi connectivity index (χ3v) is 2.52. The molecule has 0 aromatic carbocycles. The van der Waals surface area contributed by atoms with Crippen LogP contribution in [0, 0.1) is 0 Å². The van der Waals surface area contributed by atoms with Crippen LogP contribution in [0.2, 0.25) is 0 Å². The molecular weight excluding hydrogens is 241 g/mol. The van der Waals surface area contributed by atoms with Gasteiger partial charge in [0.2, 0.25) is 5.24 Å². The molecule has 0 bridgehead atoms. The van der Waals surface area contributed by atoms with Gasteiger partial charge in [-0.05, 0) is 24.4 Å². The zero-order valence-corrected chi connectivity index (χ0v) is 10.0. The first-order valence-electron chi connectivity index (χ1n) is 5.67. The summed E-state index contributed by atoms with van der Waals surface area (Å²) in [4.78, 5) is 10.4. The van der Waals surface area contributed by atoms with Crippen molar-refractivity contribution in [1.29, 1.82) is 0 Å². The predicted molar refractivity (Wildman–Crippen MR) is 58.5 cm³/mol. The van der Waals surface area contributed by atoms with Gasteiger partial charge in [0.05, 0.1) is 0 Å². The summed E-state index contributed by atoms with van der Waals surface area (Å²) in [6, 6.07) is 0. The summed E-state index contributed by atoms with van der Waals surface area (Å²) in [5.74, 6) is 0. The fourth-order valence-electron chi connectivity index (χ4n) is 1.47. The maximum Gasteiger partial charge on any atom is 0.389 e. The third-order valence-electron chi connectivity index (χ3n) is 2.33. The molecular formula is C11H18ClF3O. The number of unbranched alkanes of at least 4 members (excludes halogenated alkanes) is 6. The number of hydrogen-bond donors (Lipinski definition) is 0. The Labute approximate surface area is 99.4 Å². The molecule has 0 N–H and O–H groups in total. The highest BCUT2D eigenvalue weighted by molar-refractivity contribution is 6.63. The lowest BCUT2D eigenvalue weighted by Crippen LogP contribution is -2.06. The molecule has 0 aromatic heterocycles. The zero-order valence-electron chi connectivity index (χ0n) is 9.28. The van der Waals surface area contributed by atoms with Gasteiger partial charge in [-0.2, -0.15) is 13.2 Å². The van der Waals surface area contributed by atoms with Crippen LogP contribution in [0.5, 0.6) is 0 Å². The van der Waals surface area contributed by atoms with Crippen LogP contribution >= 0.6 is 11.6 Å². The summed E-state index contributed by atoms with van der Waals surface area (Å²) in [5, 5.41) is -0.315. The highest BCUT2D eigenvalue weighted by atomic mass is 35.5. The zero-order chi connectivity index (χ0) is 12.4. The smallest absolute Gasteiger partial charge is 0.281 e. The summed E-state index contributed by atoms with van der Waals surface area (Å²) >= 11 is 5.16. The van der Waals surface area contributed by atoms with Gasteiger partial charge in [-0.1, -0.05) is 32.1 Å². The van der Waals surface area contributed by atoms with Crippen LogP contribution < -0.4 is 0 Å². The molecule has 0 fully saturated rings. The maximum atomic E-state index is 11.8. The topological polar surface area (TPSA) is 17.1 Å². The summed E-state index contributed by atoms with van der Waals surface area (Å²) in [7, 11) is 0. The van der Waals surface area contributed by atoms with Crippen molar-refractivity contribution in [3.63, 3.8) is 0 Å². The second-order valence-electron chi connectivity index (χ2n) is 3.95. The largest absolute Gasteiger partial charge is 0.389 e. The van der Waals surface area contributed by atoms with Gasteiger partial charge in [0.25, 0.3) is 0 Å². The summed E-state index contributed by atoms with van der Waals surface area (Å²) < 4.78 is 35.3. The van der Waals surface area contributed by atoms with Gasteiger partial charge in [0.15, 0.2) is 0 Å². The quantitative estimate of drug-likeness (QED) is 0.428. The Hall–Kier alpha value is -0.250. The number of hydrogen-bond acceptors (Lipinski definition) is 1. The summed E-state index contributed by atoms with van der Waals surface area (Å²) in [6.07, 6.45) is 1.03. The Morgan fingerprint density at radius 3 is 1.75 bits per heavy atom. The Morgan fingerprint density at radius 2 is 1.31 bits per heavy atom. The number of carbonyl (C=O) groups excluding carboxylic acids is 1. The fourth-order valence-corrected chi connectivity index (χ4v) is 1.61. The molecule has 0 aromatic rings. The Bertz CT molecular complexity index is 192. The van der Waals surface area contributed by atoms with Crippen LogP contribution in [-0.4, -0.2) is 11.4 Å². The SMILES string of the molecule is O=C(Cl)CCCCCCCCCC(F)(F)F. The highest BCUT2D eigenvalue weighted by Crippen LogP contribution is 2.23. The van der Waals surface area contributed by atoms with Gasteiger partial charge in [0.1, 0.15) is 0 Å². The normalized spacial score (nSPS) is 11.8. The van der Waals surface area contributed by atoms with Gasteiger partial charge in [-0.3, -0.25) is 4.79 Å². The van der Waals surface area contributed by atoms with Crippen molar-refractivity contribution >= 4 is 16.8 Å². The number of rotatable bonds is 9. The van der Waals surface area contributed by atoms with Crippen LogP contribution in [0.3, 0.4) is 0 Å². The molecule has 0 aliphatic heterocycles. The first-order valence-corrected chi connectivity index (χ1v) is 6.05. The maximum absolute atomic E-state index is 11.8. The van der Waals surface area contributed by atoms with Crippen molar-refractivity contribution in [2.45, 2.75) is 64.0 Å². The van der Waals surface area contributed by atoms with Crippen molar-refractivity contribution in [3.8, 4) is 0 Å². The van der Waals surface area contributed by atoms with Gasteiger partial charge in [-0.25, -0.2) is 0 Å². The van der Waals surface area contributed by atoms with E-state index in [1.54, 1.807) is 0 Å². The monoisotopic (exact) mass is 258 g/mol. The Kier molecular flexibility index (Phi) is 8.71. The number of halogens is 4. The lowest BCUT2D eigenvalue weighted by atomic mass is 10.1. The fraction of sp³-hybridized carbons (Fsp3) is 0.909. The van der Waals surface area contributed by atoms with Gasteiger partial charge in [-0.15, -0.1) is 0 Å². The first-order chi connectivity index (χ1) is 7.42. The third kappa shape index (κ3) is 13.8. The molecule has 0 spiro atoms. The molecule has 0 atom stereocenters. The molecule has 1 nitrogen and oxygen atoms in total. The van der Waals surface area contributed by atoms with E-state index in [0.717, 1.165) is 32.1 Å². The molecule has 0 rings (SSSR count). The van der Waals surface area contributed by atoms with E-state index in [-0.39, 0.29) is 11.7 Å². The van der Waals surface area contributed by atoms with E-state index >= 15 is 0 Å². The molecule has 0 radical (unpaired) electrons. The average molecular weight is 259 g/mol. The lowest BCUT2D eigenvalue weighted by molar-refractivity contribution is -0.135. The van der Waals surface area contributed by atoms with Crippen molar-refractivity contribution in [3.05, 3.63) is 0 Å². The molecule has 0 aliphatic rings. The van der Waals surface area contributed by atoms with Crippen LogP contribution in [-0.2, 0) is 4.79 Å². The Morgan fingerprint density at radius 1 is 0.875 bits per heavy atom. The van der Waals surface area contributed by atoms with E-state index in [1.807, 2.05) is 0 Å². The molecule has 0 unspecified atom stereocenters. The number of alkyl halides is 3. The van der Waals surface area contributed by atoms with Crippen molar-refractivity contribution in [1.82, 2.24) is 0 Å². The van der Waals surface area contributed by atoms with Gasteiger partial charge < -0.3 is 0 Å². The minimum Gasteiger partial charge on any atom is -0.281 e. The predicted octanol–water partition coefficient (Wildman–Crippen LogP) is 4.83. The first kappa shape index (κ1) is 15.8. The summed E-state index contributed by atoms with van der Waals surface area (Å²) in [6.45, 7) is 0. The van der Waals surface area contributed by atoms with Gasteiger partial charge >= 0.3 is 6.18 Å². The molecule has 0 saturated heterocycles. The van der Waals surface area contributed by atoms with Crippen molar-refractivity contribution in [2.75, 3.05) is 0 Å². The highest BCUT2D eigenvalue weighted by Gasteiger charge is 2.25. The molecule has 0 saturated carbocycles. The standard InChI is InChI=1S/C11H18ClF3O/c12-10(16)8-6-4-2-1-3-5-7-9-11(13,14)15/h1-9H2. The second kappa shape index (κ2) is 8.85. The second-order valence-corrected chi connectivity index (χ2v) is 4.37.